The van der Waals surface area contributed by atoms with E-state index in [-0.39, 0.29) is 0 Å². The van der Waals surface area contributed by atoms with Gasteiger partial charge in [0, 0.05) is 90.8 Å². The highest BCUT2D eigenvalue weighted by molar-refractivity contribution is 5.93. The average molecular weight is 942 g/mol. The van der Waals surface area contributed by atoms with Crippen molar-refractivity contribution in [2.24, 2.45) is 0 Å². The fraction of sp³-hybridized carbons (Fsp3) is 0.0441. The highest BCUT2D eigenvalue weighted by atomic mass is 15.2. The summed E-state index contributed by atoms with van der Waals surface area (Å²) in [6.07, 6.45) is 0. The zero-order chi connectivity index (χ0) is 49.5. The second kappa shape index (κ2) is 20.9. The van der Waals surface area contributed by atoms with E-state index in [9.17, 15) is 0 Å². The summed E-state index contributed by atoms with van der Waals surface area (Å²) >= 11 is 0. The Morgan fingerprint density at radius 1 is 0.219 bits per heavy atom. The summed E-state index contributed by atoms with van der Waals surface area (Å²) in [5.41, 5.74) is 19.9. The third-order valence-electron chi connectivity index (χ3n) is 13.3. The van der Waals surface area contributed by atoms with Crippen LogP contribution >= 0.6 is 0 Å². The Bertz CT molecular complexity index is 2980. The van der Waals surface area contributed by atoms with Gasteiger partial charge in [0.15, 0.2) is 0 Å². The van der Waals surface area contributed by atoms with Gasteiger partial charge in [0.05, 0.1) is 0 Å². The van der Waals surface area contributed by atoms with Crippen molar-refractivity contribution in [3.8, 4) is 22.3 Å². The molecule has 0 radical (unpaired) electrons. The third kappa shape index (κ3) is 9.60. The van der Waals surface area contributed by atoms with E-state index in [0.717, 1.165) is 107 Å². The molecule has 0 aliphatic carbocycles. The summed E-state index contributed by atoms with van der Waals surface area (Å²) in [4.78, 5) is 14.9. The molecule has 1 aromatic heterocycles. The van der Waals surface area contributed by atoms with E-state index in [1.54, 1.807) is 0 Å². The van der Waals surface area contributed by atoms with Crippen molar-refractivity contribution in [2.75, 3.05) is 19.6 Å². The van der Waals surface area contributed by atoms with Crippen molar-refractivity contribution in [1.82, 2.24) is 4.98 Å². The van der Waals surface area contributed by atoms with Crippen LogP contribution in [-0.4, -0.2) is 4.98 Å². The molecule has 0 saturated heterocycles. The molecule has 0 amide bonds. The van der Waals surface area contributed by atoms with Crippen molar-refractivity contribution in [1.29, 1.82) is 0 Å². The number of nitrogens with zero attached hydrogens (tertiary/aromatic N) is 5. The summed E-state index contributed by atoms with van der Waals surface area (Å²) in [7, 11) is 0. The highest BCUT2D eigenvalue weighted by Crippen LogP contribution is 2.48. The van der Waals surface area contributed by atoms with Gasteiger partial charge < -0.3 is 19.6 Å². The van der Waals surface area contributed by atoms with E-state index in [1.165, 1.54) is 0 Å². The Morgan fingerprint density at radius 3 is 0.575 bits per heavy atom. The van der Waals surface area contributed by atoms with Gasteiger partial charge in [-0.15, -0.1) is 0 Å². The molecule has 10 aromatic carbocycles. The van der Waals surface area contributed by atoms with Crippen molar-refractivity contribution in [2.45, 2.75) is 20.8 Å². The SMILES string of the molecule is Cc1nc(C)c(-c2cc(N(c3ccccc3)c3ccccc3)cc(N(c3ccccc3)c3ccccc3)c2)c(C)c1-c1cc(N(c2ccccc2)c2ccccc2)cc(N(c2ccccc2)c2ccccc2)c1. The first-order chi connectivity index (χ1) is 36.0. The number of aryl methyl sites for hydroxylation is 2. The van der Waals surface area contributed by atoms with Gasteiger partial charge in [-0.3, -0.25) is 4.98 Å². The number of rotatable bonds is 14. The average Bonchev–Trinajstić information content (AvgIpc) is 3.43. The number of hydrogen-bond donors (Lipinski definition) is 0. The topological polar surface area (TPSA) is 25.9 Å². The number of para-hydroxylation sites is 8. The first-order valence-electron chi connectivity index (χ1n) is 24.9. The van der Waals surface area contributed by atoms with Crippen LogP contribution in [-0.2, 0) is 0 Å². The fourth-order valence-electron chi connectivity index (χ4n) is 10.3. The minimum absolute atomic E-state index is 0.959. The van der Waals surface area contributed by atoms with Gasteiger partial charge in [0.1, 0.15) is 0 Å². The molecule has 73 heavy (non-hydrogen) atoms. The minimum Gasteiger partial charge on any atom is -0.310 e. The van der Waals surface area contributed by atoms with Crippen LogP contribution in [0.25, 0.3) is 22.3 Å². The van der Waals surface area contributed by atoms with E-state index in [4.69, 9.17) is 4.98 Å². The molecule has 1 heterocycles. The van der Waals surface area contributed by atoms with Gasteiger partial charge in [-0.05, 0) is 171 Å². The van der Waals surface area contributed by atoms with Crippen LogP contribution in [0.1, 0.15) is 17.0 Å². The molecule has 0 unspecified atom stereocenters. The largest absolute Gasteiger partial charge is 0.310 e. The number of benzene rings is 10. The molecule has 352 valence electrons. The van der Waals surface area contributed by atoms with Gasteiger partial charge in [0.25, 0.3) is 0 Å². The quantitative estimate of drug-likeness (QED) is 0.108. The van der Waals surface area contributed by atoms with E-state index in [0.29, 0.717) is 0 Å². The standard InChI is InChI=1S/C68H55N5/c1-50-67(53-44-63(70(55-28-12-4-13-29-55)56-30-14-5-15-31-56)48-64(45-53)71(57-32-16-6-17-33-57)58-34-18-7-19-35-58)51(2)69-52(3)68(50)54-46-65(72(59-36-20-8-21-37-59)60-38-22-9-23-39-60)49-66(47-54)73(61-40-24-10-25-41-61)62-42-26-11-27-43-62/h4-49H,1-3H3. The molecule has 5 nitrogen and oxygen atoms in total. The van der Waals surface area contributed by atoms with Gasteiger partial charge in [-0.2, -0.15) is 0 Å². The molecular weight excluding hydrogens is 887 g/mol. The Balaban J connectivity index is 1.19. The van der Waals surface area contributed by atoms with Crippen LogP contribution in [0.4, 0.5) is 68.2 Å². The zero-order valence-electron chi connectivity index (χ0n) is 41.3. The number of aromatic nitrogens is 1. The lowest BCUT2D eigenvalue weighted by molar-refractivity contribution is 1.11. The zero-order valence-corrected chi connectivity index (χ0v) is 41.3. The van der Waals surface area contributed by atoms with Crippen LogP contribution in [0, 0.1) is 20.8 Å². The summed E-state index contributed by atoms with van der Waals surface area (Å²) in [5.74, 6) is 0. The molecule has 0 atom stereocenters. The maximum atomic E-state index is 5.50. The smallest absolute Gasteiger partial charge is 0.0488 e. The van der Waals surface area contributed by atoms with Crippen molar-refractivity contribution < 1.29 is 0 Å². The molecule has 5 heteroatoms. The molecule has 0 aliphatic heterocycles. The molecule has 0 N–H and O–H groups in total. The number of hydrogen-bond acceptors (Lipinski definition) is 5. The van der Waals surface area contributed by atoms with Crippen LogP contribution in [0.5, 0.6) is 0 Å². The molecule has 0 bridgehead atoms. The predicted octanol–water partition coefficient (Wildman–Crippen LogP) is 19.2. The van der Waals surface area contributed by atoms with E-state index in [1.807, 2.05) is 0 Å². The Morgan fingerprint density at radius 2 is 0.397 bits per heavy atom. The lowest BCUT2D eigenvalue weighted by Crippen LogP contribution is -2.14. The lowest BCUT2D eigenvalue weighted by Gasteiger charge is -2.31. The number of pyridine rings is 1. The molecule has 11 aromatic rings. The summed E-state index contributed by atoms with van der Waals surface area (Å²) in [6.45, 7) is 6.59. The molecule has 0 fully saturated rings. The van der Waals surface area contributed by atoms with E-state index < -0.39 is 0 Å². The summed E-state index contributed by atoms with van der Waals surface area (Å²) in [5, 5.41) is 0. The third-order valence-corrected chi connectivity index (χ3v) is 13.3. The molecule has 11 rings (SSSR count). The first-order valence-corrected chi connectivity index (χ1v) is 24.9. The van der Waals surface area contributed by atoms with Crippen molar-refractivity contribution >= 4 is 68.2 Å². The van der Waals surface area contributed by atoms with Crippen LogP contribution in [0.3, 0.4) is 0 Å². The predicted molar refractivity (Wildman–Crippen MR) is 308 cm³/mol. The molecular formula is C68H55N5. The van der Waals surface area contributed by atoms with E-state index in [2.05, 4.69) is 319 Å². The second-order valence-electron chi connectivity index (χ2n) is 18.2. The van der Waals surface area contributed by atoms with Crippen molar-refractivity contribution in [3.05, 3.63) is 296 Å². The maximum absolute atomic E-state index is 5.50. The van der Waals surface area contributed by atoms with Gasteiger partial charge in [0.2, 0.25) is 0 Å². The summed E-state index contributed by atoms with van der Waals surface area (Å²) < 4.78 is 0. The van der Waals surface area contributed by atoms with Crippen LogP contribution < -0.4 is 19.6 Å². The Labute approximate surface area is 429 Å². The Kier molecular flexibility index (Phi) is 13.1. The molecule has 0 saturated carbocycles. The maximum Gasteiger partial charge on any atom is 0.0488 e. The fourth-order valence-corrected chi connectivity index (χ4v) is 10.3. The normalized spacial score (nSPS) is 10.9. The highest BCUT2D eigenvalue weighted by Gasteiger charge is 2.25. The van der Waals surface area contributed by atoms with E-state index >= 15 is 0 Å². The van der Waals surface area contributed by atoms with Crippen molar-refractivity contribution in [3.63, 3.8) is 0 Å². The molecule has 0 aliphatic rings. The van der Waals surface area contributed by atoms with Crippen LogP contribution in [0.2, 0.25) is 0 Å². The molecule has 0 spiro atoms. The van der Waals surface area contributed by atoms with Crippen LogP contribution in [0.15, 0.2) is 279 Å². The minimum atomic E-state index is 0.959. The summed E-state index contributed by atoms with van der Waals surface area (Å²) in [6, 6.07) is 99.2. The van der Waals surface area contributed by atoms with Gasteiger partial charge in [-0.1, -0.05) is 146 Å². The van der Waals surface area contributed by atoms with Gasteiger partial charge in [-0.25, -0.2) is 0 Å². The monoisotopic (exact) mass is 941 g/mol. The first kappa shape index (κ1) is 46.0. The van der Waals surface area contributed by atoms with Gasteiger partial charge >= 0.3 is 0 Å². The Hall–Kier alpha value is -9.45. The number of anilines is 12. The lowest BCUT2D eigenvalue weighted by atomic mass is 9.89. The second-order valence-corrected chi connectivity index (χ2v) is 18.2.